The van der Waals surface area contributed by atoms with Crippen LogP contribution in [0.1, 0.15) is 55.8 Å². The van der Waals surface area contributed by atoms with Gasteiger partial charge in [-0.25, -0.2) is 5.01 Å². The van der Waals surface area contributed by atoms with Gasteiger partial charge in [0, 0.05) is 24.9 Å². The van der Waals surface area contributed by atoms with Crippen molar-refractivity contribution in [2.45, 2.75) is 51.6 Å². The van der Waals surface area contributed by atoms with Gasteiger partial charge in [0.1, 0.15) is 0 Å². The molecule has 2 fully saturated rings. The van der Waals surface area contributed by atoms with Crippen LogP contribution in [0.5, 0.6) is 0 Å². The van der Waals surface area contributed by atoms with Crippen molar-refractivity contribution in [2.75, 3.05) is 18.2 Å². The Labute approximate surface area is 159 Å². The second kappa shape index (κ2) is 8.99. The van der Waals surface area contributed by atoms with Gasteiger partial charge in [0.25, 0.3) is 5.91 Å². The van der Waals surface area contributed by atoms with Gasteiger partial charge in [0.2, 0.25) is 11.8 Å². The third kappa shape index (κ3) is 5.07. The Kier molecular flexibility index (Phi) is 6.45. The maximum atomic E-state index is 12.2. The van der Waals surface area contributed by atoms with E-state index in [1.165, 1.54) is 24.3 Å². The van der Waals surface area contributed by atoms with Gasteiger partial charge in [0.05, 0.1) is 18.4 Å². The number of hydrazine groups is 1. The maximum absolute atomic E-state index is 12.2. The van der Waals surface area contributed by atoms with E-state index in [0.717, 1.165) is 6.42 Å². The first-order chi connectivity index (χ1) is 13.0. The van der Waals surface area contributed by atoms with Crippen LogP contribution in [0.4, 0.5) is 5.69 Å². The smallest absolute Gasteiger partial charge is 0.251 e. The molecule has 0 bridgehead atoms. The van der Waals surface area contributed by atoms with Crippen LogP contribution in [-0.2, 0) is 14.3 Å². The molecule has 0 radical (unpaired) electrons. The van der Waals surface area contributed by atoms with Gasteiger partial charge in [-0.3, -0.25) is 19.8 Å². The molecule has 1 aliphatic carbocycles. The summed E-state index contributed by atoms with van der Waals surface area (Å²) in [5.41, 5.74) is 3.58. The Morgan fingerprint density at radius 2 is 1.93 bits per heavy atom. The Morgan fingerprint density at radius 3 is 2.67 bits per heavy atom. The van der Waals surface area contributed by atoms with Crippen molar-refractivity contribution in [3.8, 4) is 0 Å². The van der Waals surface area contributed by atoms with Crippen LogP contribution in [0.15, 0.2) is 24.3 Å². The summed E-state index contributed by atoms with van der Waals surface area (Å²) >= 11 is 0. The van der Waals surface area contributed by atoms with Gasteiger partial charge in [-0.05, 0) is 43.0 Å². The van der Waals surface area contributed by atoms with E-state index in [4.69, 9.17) is 4.74 Å². The number of carbonyl (C=O) groups excluding carboxylic acids is 3. The number of hydrogen-bond donors (Lipinski definition) is 2. The molecule has 2 aliphatic rings. The number of carbonyl (C=O) groups is 3. The molecule has 0 spiro atoms. The van der Waals surface area contributed by atoms with E-state index >= 15 is 0 Å². The number of nitrogens with zero attached hydrogens (tertiary/aromatic N) is 1. The van der Waals surface area contributed by atoms with E-state index in [2.05, 4.69) is 17.7 Å². The molecule has 1 saturated carbocycles. The fraction of sp³-hybridized carbons (Fsp3) is 0.550. The van der Waals surface area contributed by atoms with Gasteiger partial charge < -0.3 is 10.1 Å². The van der Waals surface area contributed by atoms with Crippen molar-refractivity contribution in [1.29, 1.82) is 0 Å². The van der Waals surface area contributed by atoms with Crippen molar-refractivity contribution < 1.29 is 19.1 Å². The molecule has 7 heteroatoms. The van der Waals surface area contributed by atoms with Crippen LogP contribution in [0.3, 0.4) is 0 Å². The SMILES string of the molecule is C[C@@H]1CCCC[C@@H]1OCCNC(=O)c1ccc(N2NC(=O)CCC2=O)cc1. The van der Waals surface area contributed by atoms with Crippen molar-refractivity contribution >= 4 is 23.4 Å². The molecule has 1 aromatic rings. The van der Waals surface area contributed by atoms with Gasteiger partial charge in [-0.2, -0.15) is 0 Å². The van der Waals surface area contributed by atoms with E-state index in [1.807, 2.05) is 0 Å². The molecule has 1 aliphatic heterocycles. The molecule has 2 N–H and O–H groups in total. The third-order valence-corrected chi connectivity index (χ3v) is 5.19. The summed E-state index contributed by atoms with van der Waals surface area (Å²) in [6, 6.07) is 6.59. The summed E-state index contributed by atoms with van der Waals surface area (Å²) in [7, 11) is 0. The molecular weight excluding hydrogens is 346 g/mol. The summed E-state index contributed by atoms with van der Waals surface area (Å²) < 4.78 is 5.90. The van der Waals surface area contributed by atoms with Gasteiger partial charge in [0.15, 0.2) is 0 Å². The summed E-state index contributed by atoms with van der Waals surface area (Å²) in [5.74, 6) is 0.0421. The van der Waals surface area contributed by atoms with Crippen molar-refractivity contribution in [1.82, 2.24) is 10.7 Å². The second-order valence-electron chi connectivity index (χ2n) is 7.24. The second-order valence-corrected chi connectivity index (χ2v) is 7.24. The topological polar surface area (TPSA) is 87.7 Å². The summed E-state index contributed by atoms with van der Waals surface area (Å²) in [6.07, 6.45) is 5.50. The van der Waals surface area contributed by atoms with E-state index in [0.29, 0.717) is 36.4 Å². The number of hydrogen-bond acceptors (Lipinski definition) is 4. The molecule has 1 aromatic carbocycles. The van der Waals surface area contributed by atoms with Crippen LogP contribution in [0.2, 0.25) is 0 Å². The number of benzene rings is 1. The predicted octanol–water partition coefficient (Wildman–Crippen LogP) is 2.17. The lowest BCUT2D eigenvalue weighted by atomic mass is 9.88. The zero-order valence-electron chi connectivity index (χ0n) is 15.7. The number of nitrogens with one attached hydrogen (secondary N) is 2. The fourth-order valence-corrected chi connectivity index (χ4v) is 3.55. The van der Waals surface area contributed by atoms with Crippen LogP contribution < -0.4 is 15.8 Å². The highest BCUT2D eigenvalue weighted by molar-refractivity contribution is 6.01. The molecule has 146 valence electrons. The average Bonchev–Trinajstić information content (AvgIpc) is 2.68. The molecule has 0 unspecified atom stereocenters. The van der Waals surface area contributed by atoms with Crippen LogP contribution in [0.25, 0.3) is 0 Å². The Balaban J connectivity index is 1.46. The summed E-state index contributed by atoms with van der Waals surface area (Å²) in [5, 5.41) is 4.08. The molecule has 1 heterocycles. The molecular formula is C20H27N3O4. The highest BCUT2D eigenvalue weighted by atomic mass is 16.5. The molecule has 3 amide bonds. The number of rotatable bonds is 6. The normalized spacial score (nSPS) is 23.1. The minimum absolute atomic E-state index is 0.166. The van der Waals surface area contributed by atoms with Gasteiger partial charge in [-0.15, -0.1) is 0 Å². The average molecular weight is 373 g/mol. The Hall–Kier alpha value is -2.41. The monoisotopic (exact) mass is 373 g/mol. The van der Waals surface area contributed by atoms with Gasteiger partial charge >= 0.3 is 0 Å². The first kappa shape index (κ1) is 19.4. The standard InChI is InChI=1S/C20H27N3O4/c1-14-4-2-3-5-17(14)27-13-12-21-20(26)15-6-8-16(9-7-15)23-19(25)11-10-18(24)22-23/h6-9,14,17H,2-5,10-13H2,1H3,(H,21,26)(H,22,24)/t14-,17+/m1/s1. The number of ether oxygens (including phenoxy) is 1. The van der Waals surface area contributed by atoms with Gasteiger partial charge in [-0.1, -0.05) is 19.8 Å². The van der Waals surface area contributed by atoms with E-state index in [-0.39, 0.29) is 30.6 Å². The maximum Gasteiger partial charge on any atom is 0.251 e. The lowest BCUT2D eigenvalue weighted by Crippen LogP contribution is -2.50. The molecule has 0 aromatic heterocycles. The fourth-order valence-electron chi connectivity index (χ4n) is 3.55. The third-order valence-electron chi connectivity index (χ3n) is 5.19. The minimum Gasteiger partial charge on any atom is -0.376 e. The predicted molar refractivity (Wildman–Crippen MR) is 101 cm³/mol. The number of amides is 3. The highest BCUT2D eigenvalue weighted by Gasteiger charge is 2.24. The van der Waals surface area contributed by atoms with Crippen LogP contribution in [0, 0.1) is 5.92 Å². The van der Waals surface area contributed by atoms with Crippen LogP contribution in [-0.4, -0.2) is 37.0 Å². The molecule has 27 heavy (non-hydrogen) atoms. The first-order valence-corrected chi connectivity index (χ1v) is 9.67. The zero-order valence-corrected chi connectivity index (χ0v) is 15.7. The Bertz CT molecular complexity index is 689. The highest BCUT2D eigenvalue weighted by Crippen LogP contribution is 2.26. The Morgan fingerprint density at radius 1 is 1.19 bits per heavy atom. The van der Waals surface area contributed by atoms with E-state index < -0.39 is 0 Å². The molecule has 3 rings (SSSR count). The minimum atomic E-state index is -0.191. The van der Waals surface area contributed by atoms with Crippen LogP contribution >= 0.6 is 0 Å². The molecule has 1 saturated heterocycles. The largest absolute Gasteiger partial charge is 0.376 e. The summed E-state index contributed by atoms with van der Waals surface area (Å²) in [4.78, 5) is 35.6. The lowest BCUT2D eigenvalue weighted by molar-refractivity contribution is -0.130. The molecule has 2 atom stereocenters. The summed E-state index contributed by atoms with van der Waals surface area (Å²) in [6.45, 7) is 3.19. The lowest BCUT2D eigenvalue weighted by Gasteiger charge is -2.28. The molecule has 7 nitrogen and oxygen atoms in total. The van der Waals surface area contributed by atoms with E-state index in [1.54, 1.807) is 24.3 Å². The van der Waals surface area contributed by atoms with E-state index in [9.17, 15) is 14.4 Å². The quantitative estimate of drug-likeness (QED) is 0.748. The van der Waals surface area contributed by atoms with Crippen molar-refractivity contribution in [3.63, 3.8) is 0 Å². The van der Waals surface area contributed by atoms with Crippen molar-refractivity contribution in [2.24, 2.45) is 5.92 Å². The number of anilines is 1. The zero-order chi connectivity index (χ0) is 19.2. The van der Waals surface area contributed by atoms with Crippen molar-refractivity contribution in [3.05, 3.63) is 29.8 Å². The first-order valence-electron chi connectivity index (χ1n) is 9.67.